The zero-order chi connectivity index (χ0) is 21.1. The first-order chi connectivity index (χ1) is 14.5. The van der Waals surface area contributed by atoms with Crippen LogP contribution >= 0.6 is 0 Å². The molecule has 3 aromatic carbocycles. The van der Waals surface area contributed by atoms with Gasteiger partial charge in [-0.3, -0.25) is 0 Å². The second kappa shape index (κ2) is 8.48. The summed E-state index contributed by atoms with van der Waals surface area (Å²) in [5.41, 5.74) is 9.86. The summed E-state index contributed by atoms with van der Waals surface area (Å²) in [5, 5.41) is 0. The summed E-state index contributed by atoms with van der Waals surface area (Å²) in [4.78, 5) is 0. The van der Waals surface area contributed by atoms with Crippen molar-refractivity contribution in [1.82, 2.24) is 0 Å². The minimum atomic E-state index is 0.00237. The van der Waals surface area contributed by atoms with Gasteiger partial charge in [-0.25, -0.2) is 0 Å². The van der Waals surface area contributed by atoms with Crippen molar-refractivity contribution in [3.05, 3.63) is 130 Å². The highest BCUT2D eigenvalue weighted by atomic mass is 14.3. The molecule has 4 rings (SSSR count). The Kier molecular flexibility index (Phi) is 5.77. The maximum absolute atomic E-state index is 2.48. The summed E-state index contributed by atoms with van der Waals surface area (Å²) in [7, 11) is 0. The van der Waals surface area contributed by atoms with Gasteiger partial charge in [-0.1, -0.05) is 91.0 Å². The Hall–Kier alpha value is -2.86. The van der Waals surface area contributed by atoms with Crippen LogP contribution in [0.15, 0.2) is 91.0 Å². The fourth-order valence-corrected chi connectivity index (χ4v) is 4.62. The van der Waals surface area contributed by atoms with Crippen molar-refractivity contribution >= 4 is 0 Å². The fourth-order valence-electron chi connectivity index (χ4n) is 4.62. The minimum absolute atomic E-state index is 0.00237. The van der Waals surface area contributed by atoms with Crippen molar-refractivity contribution in [3.63, 3.8) is 0 Å². The van der Waals surface area contributed by atoms with Crippen molar-refractivity contribution < 1.29 is 0 Å². The van der Waals surface area contributed by atoms with Gasteiger partial charge in [0.1, 0.15) is 0 Å². The predicted octanol–water partition coefficient (Wildman–Crippen LogP) is 7.60. The lowest BCUT2D eigenvalue weighted by Crippen LogP contribution is -2.25. The van der Waals surface area contributed by atoms with Gasteiger partial charge >= 0.3 is 0 Å². The molecule has 0 heterocycles. The monoisotopic (exact) mass is 392 g/mol. The Labute approximate surface area is 182 Å². The van der Waals surface area contributed by atoms with Gasteiger partial charge in [0, 0.05) is 11.3 Å². The molecule has 0 spiro atoms. The van der Waals surface area contributed by atoms with E-state index >= 15 is 0 Å². The molecule has 0 radical (unpaired) electrons. The number of aryl methyl sites for hydroxylation is 2. The third kappa shape index (κ3) is 4.19. The molecule has 1 aliphatic rings. The first-order valence-corrected chi connectivity index (χ1v) is 11.0. The third-order valence-electron chi connectivity index (χ3n) is 6.93. The quantitative estimate of drug-likeness (QED) is 0.392. The van der Waals surface area contributed by atoms with E-state index in [0.717, 1.165) is 12.8 Å². The van der Waals surface area contributed by atoms with Crippen LogP contribution in [-0.4, -0.2) is 0 Å². The largest absolute Gasteiger partial charge is 0.0770 e. The summed E-state index contributed by atoms with van der Waals surface area (Å²) < 4.78 is 0. The Balaban J connectivity index is 1.71. The molecule has 0 heteroatoms. The highest BCUT2D eigenvalue weighted by Crippen LogP contribution is 2.39. The summed E-state index contributed by atoms with van der Waals surface area (Å²) in [6.07, 6.45) is 11.8. The molecule has 152 valence electrons. The van der Waals surface area contributed by atoms with Gasteiger partial charge in [-0.2, -0.15) is 0 Å². The van der Waals surface area contributed by atoms with E-state index in [4.69, 9.17) is 0 Å². The smallest absolute Gasteiger partial charge is 0.0199 e. The van der Waals surface area contributed by atoms with Crippen molar-refractivity contribution in [3.8, 4) is 0 Å². The second-order valence-electron chi connectivity index (χ2n) is 8.96. The van der Waals surface area contributed by atoms with Gasteiger partial charge in [-0.05, 0) is 79.5 Å². The molecule has 0 atom stereocenters. The number of allylic oxidation sites excluding steroid dienone is 4. The van der Waals surface area contributed by atoms with Gasteiger partial charge in [0.15, 0.2) is 0 Å². The molecule has 0 nitrogen and oxygen atoms in total. The minimum Gasteiger partial charge on any atom is -0.0770 e. The zero-order valence-corrected chi connectivity index (χ0v) is 18.7. The maximum atomic E-state index is 2.48. The molecule has 0 aromatic heterocycles. The van der Waals surface area contributed by atoms with E-state index in [1.165, 1.54) is 38.9 Å². The standard InChI is InChI=1S/C30H32/c1-22-10-8-14-28(24(22)3)20-30(21-29-15-9-11-23(2)25(29)4)18-16-27(17-19-30)26-12-6-5-7-13-26/h5-19,27H,20-21H2,1-4H3. The number of hydrogen-bond acceptors (Lipinski definition) is 0. The number of rotatable bonds is 5. The first-order valence-electron chi connectivity index (χ1n) is 11.0. The van der Waals surface area contributed by atoms with Crippen LogP contribution in [0.1, 0.15) is 44.9 Å². The number of hydrogen-bond donors (Lipinski definition) is 0. The van der Waals surface area contributed by atoms with Crippen LogP contribution in [-0.2, 0) is 12.8 Å². The molecular formula is C30H32. The zero-order valence-electron chi connectivity index (χ0n) is 18.7. The molecule has 0 unspecified atom stereocenters. The molecule has 1 aliphatic carbocycles. The lowest BCUT2D eigenvalue weighted by Gasteiger charge is -2.33. The predicted molar refractivity (Wildman–Crippen MR) is 129 cm³/mol. The van der Waals surface area contributed by atoms with Crippen LogP contribution in [0.5, 0.6) is 0 Å². The van der Waals surface area contributed by atoms with Gasteiger partial charge in [-0.15, -0.1) is 0 Å². The van der Waals surface area contributed by atoms with Crippen molar-refractivity contribution in [2.45, 2.75) is 46.5 Å². The highest BCUT2D eigenvalue weighted by Gasteiger charge is 2.29. The number of benzene rings is 3. The van der Waals surface area contributed by atoms with Gasteiger partial charge in [0.25, 0.3) is 0 Å². The summed E-state index contributed by atoms with van der Waals surface area (Å²) in [6.45, 7) is 8.96. The summed E-state index contributed by atoms with van der Waals surface area (Å²) in [6, 6.07) is 24.2. The van der Waals surface area contributed by atoms with E-state index in [-0.39, 0.29) is 5.41 Å². The molecule has 0 N–H and O–H groups in total. The van der Waals surface area contributed by atoms with E-state index in [9.17, 15) is 0 Å². The van der Waals surface area contributed by atoms with E-state index in [0.29, 0.717) is 5.92 Å². The highest BCUT2D eigenvalue weighted by molar-refractivity contribution is 5.42. The lowest BCUT2D eigenvalue weighted by molar-refractivity contribution is 0.473. The van der Waals surface area contributed by atoms with E-state index in [1.54, 1.807) is 0 Å². The maximum Gasteiger partial charge on any atom is 0.0199 e. The summed E-state index contributed by atoms with van der Waals surface area (Å²) >= 11 is 0. The first kappa shape index (κ1) is 20.4. The van der Waals surface area contributed by atoms with Crippen molar-refractivity contribution in [2.75, 3.05) is 0 Å². The van der Waals surface area contributed by atoms with Crippen molar-refractivity contribution in [2.24, 2.45) is 5.41 Å². The topological polar surface area (TPSA) is 0 Å². The summed E-state index contributed by atoms with van der Waals surface area (Å²) in [5.74, 6) is 0.358. The Morgan fingerprint density at radius 3 is 1.60 bits per heavy atom. The molecular weight excluding hydrogens is 360 g/mol. The Bertz CT molecular complexity index is 1010. The SMILES string of the molecule is Cc1cccc(CC2(Cc3cccc(C)c3C)C=CC(c3ccccc3)C=C2)c1C. The van der Waals surface area contributed by atoms with Gasteiger partial charge in [0.2, 0.25) is 0 Å². The Morgan fingerprint density at radius 1 is 0.600 bits per heavy atom. The second-order valence-corrected chi connectivity index (χ2v) is 8.96. The molecule has 0 amide bonds. The van der Waals surface area contributed by atoms with Gasteiger partial charge < -0.3 is 0 Å². The Morgan fingerprint density at radius 2 is 1.10 bits per heavy atom. The molecule has 30 heavy (non-hydrogen) atoms. The average Bonchev–Trinajstić information content (AvgIpc) is 2.76. The van der Waals surface area contributed by atoms with Crippen LogP contribution in [0, 0.1) is 33.1 Å². The van der Waals surface area contributed by atoms with Crippen LogP contribution in [0.25, 0.3) is 0 Å². The third-order valence-corrected chi connectivity index (χ3v) is 6.93. The average molecular weight is 393 g/mol. The lowest BCUT2D eigenvalue weighted by atomic mass is 9.71. The van der Waals surface area contributed by atoms with Crippen LogP contribution in [0.4, 0.5) is 0 Å². The normalized spacial score (nSPS) is 15.5. The van der Waals surface area contributed by atoms with Gasteiger partial charge in [0.05, 0.1) is 0 Å². The molecule has 3 aromatic rings. The van der Waals surface area contributed by atoms with E-state index in [2.05, 4.69) is 119 Å². The van der Waals surface area contributed by atoms with Crippen LogP contribution < -0.4 is 0 Å². The van der Waals surface area contributed by atoms with Crippen LogP contribution in [0.3, 0.4) is 0 Å². The molecule has 0 fully saturated rings. The van der Waals surface area contributed by atoms with Crippen LogP contribution in [0.2, 0.25) is 0 Å². The van der Waals surface area contributed by atoms with Crippen molar-refractivity contribution in [1.29, 1.82) is 0 Å². The molecule has 0 bridgehead atoms. The fraction of sp³-hybridized carbons (Fsp3) is 0.267. The molecule has 0 saturated heterocycles. The molecule has 0 aliphatic heterocycles. The van der Waals surface area contributed by atoms with E-state index < -0.39 is 0 Å². The molecule has 0 saturated carbocycles. The van der Waals surface area contributed by atoms with E-state index in [1.807, 2.05) is 0 Å².